The Balaban J connectivity index is 2.02. The molecule has 0 fully saturated rings. The van der Waals surface area contributed by atoms with Gasteiger partial charge in [-0.3, -0.25) is 4.79 Å². The first-order valence-electron chi connectivity index (χ1n) is 6.69. The summed E-state index contributed by atoms with van der Waals surface area (Å²) in [5, 5.41) is 11.4. The molecule has 1 amide bonds. The zero-order valence-corrected chi connectivity index (χ0v) is 13.2. The molecular formula is C15H15N3O4S. The molecule has 1 aromatic heterocycles. The minimum Gasteiger partial charge on any atom is -0.467 e. The molecule has 0 aliphatic heterocycles. The van der Waals surface area contributed by atoms with Gasteiger partial charge in [-0.25, -0.2) is 8.42 Å². The lowest BCUT2D eigenvalue weighted by molar-refractivity contribution is -0.121. The van der Waals surface area contributed by atoms with E-state index in [0.29, 0.717) is 5.76 Å². The molecule has 7 nitrogen and oxygen atoms in total. The van der Waals surface area contributed by atoms with Crippen LogP contribution in [0.4, 0.5) is 0 Å². The van der Waals surface area contributed by atoms with Crippen LogP contribution in [0.15, 0.2) is 52.0 Å². The molecule has 0 spiro atoms. The highest BCUT2D eigenvalue weighted by Gasteiger charge is 2.23. The average Bonchev–Trinajstić information content (AvgIpc) is 3.06. The van der Waals surface area contributed by atoms with E-state index in [1.165, 1.54) is 37.6 Å². The van der Waals surface area contributed by atoms with Crippen molar-refractivity contribution in [3.05, 3.63) is 54.0 Å². The molecule has 1 aromatic carbocycles. The molecule has 0 saturated carbocycles. The monoisotopic (exact) mass is 333 g/mol. The first-order chi connectivity index (χ1) is 10.9. The Morgan fingerprint density at radius 2 is 2.13 bits per heavy atom. The lowest BCUT2D eigenvalue weighted by Crippen LogP contribution is -2.38. The van der Waals surface area contributed by atoms with E-state index >= 15 is 0 Å². The summed E-state index contributed by atoms with van der Waals surface area (Å²) in [6, 6.07) is 10.9. The minimum absolute atomic E-state index is 0.0297. The number of hydrogen-bond donors (Lipinski definition) is 1. The first kappa shape index (κ1) is 16.7. The number of hydrogen-bond acceptors (Lipinski definition) is 5. The molecule has 23 heavy (non-hydrogen) atoms. The topological polar surface area (TPSA) is 103 Å². The lowest BCUT2D eigenvalue weighted by atomic mass is 10.2. The van der Waals surface area contributed by atoms with Crippen LogP contribution in [-0.4, -0.2) is 32.2 Å². The maximum Gasteiger partial charge on any atom is 0.243 e. The molecule has 8 heteroatoms. The number of furan rings is 1. The second-order valence-corrected chi connectivity index (χ2v) is 6.80. The fourth-order valence-corrected chi connectivity index (χ4v) is 3.02. The molecular weight excluding hydrogens is 318 g/mol. The number of sulfonamides is 1. The Hall–Kier alpha value is -2.63. The number of likely N-dealkylation sites (N-methyl/N-ethyl adjacent to an activating group) is 1. The van der Waals surface area contributed by atoms with Gasteiger partial charge in [0.15, 0.2) is 0 Å². The Bertz CT molecular complexity index is 823. The van der Waals surface area contributed by atoms with E-state index in [0.717, 1.165) is 4.31 Å². The molecule has 0 atom stereocenters. The number of nitriles is 1. The molecule has 0 bridgehead atoms. The van der Waals surface area contributed by atoms with Crippen LogP contribution in [0, 0.1) is 11.3 Å². The Morgan fingerprint density at radius 1 is 1.35 bits per heavy atom. The van der Waals surface area contributed by atoms with Gasteiger partial charge >= 0.3 is 0 Å². The number of nitrogens with zero attached hydrogens (tertiary/aromatic N) is 2. The fraction of sp³-hybridized carbons (Fsp3) is 0.200. The third-order valence-corrected chi connectivity index (χ3v) is 4.88. The Kier molecular flexibility index (Phi) is 5.16. The second-order valence-electron chi connectivity index (χ2n) is 4.76. The van der Waals surface area contributed by atoms with Gasteiger partial charge in [-0.1, -0.05) is 6.07 Å². The van der Waals surface area contributed by atoms with Gasteiger partial charge in [0.2, 0.25) is 15.9 Å². The summed E-state index contributed by atoms with van der Waals surface area (Å²) in [7, 11) is -2.53. The van der Waals surface area contributed by atoms with Gasteiger partial charge in [0.05, 0.1) is 35.9 Å². The molecule has 2 rings (SSSR count). The summed E-state index contributed by atoms with van der Waals surface area (Å²) < 4.78 is 30.8. The standard InChI is InChI=1S/C15H15N3O4S/c1-18(11-15(19)17-10-13-5-3-7-22-13)23(20,21)14-6-2-4-12(8-14)9-16/h2-8H,10-11H2,1H3,(H,17,19). The molecule has 2 aromatic rings. The zero-order valence-electron chi connectivity index (χ0n) is 12.4. The number of carbonyl (C=O) groups is 1. The maximum absolute atomic E-state index is 12.4. The van der Waals surface area contributed by atoms with E-state index < -0.39 is 15.9 Å². The van der Waals surface area contributed by atoms with Crippen molar-refractivity contribution in [1.29, 1.82) is 5.26 Å². The molecule has 1 heterocycles. The predicted molar refractivity (Wildman–Crippen MR) is 81.5 cm³/mol. The zero-order chi connectivity index (χ0) is 16.9. The quantitative estimate of drug-likeness (QED) is 0.852. The van der Waals surface area contributed by atoms with Gasteiger partial charge in [-0.2, -0.15) is 9.57 Å². The second kappa shape index (κ2) is 7.09. The molecule has 120 valence electrons. The van der Waals surface area contributed by atoms with Crippen molar-refractivity contribution in [1.82, 2.24) is 9.62 Å². The largest absolute Gasteiger partial charge is 0.467 e. The molecule has 1 N–H and O–H groups in total. The maximum atomic E-state index is 12.4. The van der Waals surface area contributed by atoms with Crippen molar-refractivity contribution in [3.8, 4) is 6.07 Å². The normalized spacial score (nSPS) is 11.2. The van der Waals surface area contributed by atoms with Crippen molar-refractivity contribution in [2.75, 3.05) is 13.6 Å². The van der Waals surface area contributed by atoms with Crippen LogP contribution in [-0.2, 0) is 21.4 Å². The number of carbonyl (C=O) groups excluding carboxylic acids is 1. The highest BCUT2D eigenvalue weighted by Crippen LogP contribution is 2.15. The van der Waals surface area contributed by atoms with Crippen LogP contribution in [0.25, 0.3) is 0 Å². The molecule has 0 saturated heterocycles. The summed E-state index contributed by atoms with van der Waals surface area (Å²) in [6.07, 6.45) is 1.49. The van der Waals surface area contributed by atoms with Gasteiger partial charge in [-0.15, -0.1) is 0 Å². The van der Waals surface area contributed by atoms with Crippen LogP contribution >= 0.6 is 0 Å². The summed E-state index contributed by atoms with van der Waals surface area (Å²) in [6.45, 7) is -0.149. The van der Waals surface area contributed by atoms with Gasteiger partial charge in [0, 0.05) is 7.05 Å². The highest BCUT2D eigenvalue weighted by atomic mass is 32.2. The number of rotatable bonds is 6. The Labute approximate surface area is 134 Å². The summed E-state index contributed by atoms with van der Waals surface area (Å²) in [5.74, 6) is 0.120. The van der Waals surface area contributed by atoms with Crippen molar-refractivity contribution in [2.24, 2.45) is 0 Å². The molecule has 0 aliphatic carbocycles. The van der Waals surface area contributed by atoms with Crippen LogP contribution in [0.5, 0.6) is 0 Å². The smallest absolute Gasteiger partial charge is 0.243 e. The predicted octanol–water partition coefficient (Wildman–Crippen LogP) is 1.09. The van der Waals surface area contributed by atoms with E-state index in [9.17, 15) is 13.2 Å². The summed E-state index contributed by atoms with van der Waals surface area (Å²) >= 11 is 0. The summed E-state index contributed by atoms with van der Waals surface area (Å²) in [4.78, 5) is 11.8. The van der Waals surface area contributed by atoms with Crippen LogP contribution < -0.4 is 5.32 Å². The fourth-order valence-electron chi connectivity index (χ4n) is 1.85. The molecule has 0 unspecified atom stereocenters. The van der Waals surface area contributed by atoms with Crippen LogP contribution in [0.2, 0.25) is 0 Å². The van der Waals surface area contributed by atoms with Crippen molar-refractivity contribution < 1.29 is 17.6 Å². The van der Waals surface area contributed by atoms with E-state index in [1.807, 2.05) is 6.07 Å². The number of amides is 1. The van der Waals surface area contributed by atoms with Gasteiger partial charge in [0.1, 0.15) is 5.76 Å². The third kappa shape index (κ3) is 4.18. The van der Waals surface area contributed by atoms with E-state index in [-0.39, 0.29) is 23.5 Å². The van der Waals surface area contributed by atoms with E-state index in [2.05, 4.69) is 5.32 Å². The number of nitrogens with one attached hydrogen (secondary N) is 1. The van der Waals surface area contributed by atoms with Gasteiger partial charge < -0.3 is 9.73 Å². The van der Waals surface area contributed by atoms with Gasteiger partial charge in [0.25, 0.3) is 0 Å². The van der Waals surface area contributed by atoms with Crippen LogP contribution in [0.1, 0.15) is 11.3 Å². The van der Waals surface area contributed by atoms with E-state index in [4.69, 9.17) is 9.68 Å². The van der Waals surface area contributed by atoms with Crippen LogP contribution in [0.3, 0.4) is 0 Å². The Morgan fingerprint density at radius 3 is 2.78 bits per heavy atom. The lowest BCUT2D eigenvalue weighted by Gasteiger charge is -2.16. The summed E-state index contributed by atoms with van der Waals surface area (Å²) in [5.41, 5.74) is 0.238. The van der Waals surface area contributed by atoms with Crippen molar-refractivity contribution in [2.45, 2.75) is 11.4 Å². The van der Waals surface area contributed by atoms with Crippen molar-refractivity contribution >= 4 is 15.9 Å². The molecule has 0 aliphatic rings. The molecule has 0 radical (unpaired) electrons. The van der Waals surface area contributed by atoms with Gasteiger partial charge in [-0.05, 0) is 30.3 Å². The first-order valence-corrected chi connectivity index (χ1v) is 8.13. The van der Waals surface area contributed by atoms with E-state index in [1.54, 1.807) is 12.1 Å². The third-order valence-electron chi connectivity index (χ3n) is 3.08. The minimum atomic E-state index is -3.84. The average molecular weight is 333 g/mol. The van der Waals surface area contributed by atoms with Crippen molar-refractivity contribution in [3.63, 3.8) is 0 Å². The SMILES string of the molecule is CN(CC(=O)NCc1ccco1)S(=O)(=O)c1cccc(C#N)c1. The number of benzene rings is 1. The highest BCUT2D eigenvalue weighted by molar-refractivity contribution is 7.89.